The molecule has 2 amide bonds. The standard InChI is InChI=1S/C17H19N3O4S/c1-3-20(9-13-7-5-4-6-8-13)15(22)10-24-16(23)14-11-25-17(19-14)18-12(2)21/h4-8,11H,3,9-10H2,1-2H3,(H,18,19,21). The molecule has 8 heteroatoms. The number of amides is 2. The van der Waals surface area contributed by atoms with Crippen LogP contribution in [0.5, 0.6) is 0 Å². The van der Waals surface area contributed by atoms with Crippen LogP contribution in [-0.2, 0) is 20.9 Å². The Kier molecular flexibility index (Phi) is 6.64. The van der Waals surface area contributed by atoms with Gasteiger partial charge in [0, 0.05) is 25.4 Å². The van der Waals surface area contributed by atoms with Crippen molar-refractivity contribution < 1.29 is 19.1 Å². The number of nitrogens with one attached hydrogen (secondary N) is 1. The van der Waals surface area contributed by atoms with Crippen LogP contribution in [0, 0.1) is 0 Å². The molecule has 2 rings (SSSR count). The van der Waals surface area contributed by atoms with E-state index in [2.05, 4.69) is 10.3 Å². The number of rotatable bonds is 7. The molecule has 0 aliphatic carbocycles. The zero-order valence-corrected chi connectivity index (χ0v) is 14.8. The van der Waals surface area contributed by atoms with E-state index in [9.17, 15) is 14.4 Å². The van der Waals surface area contributed by atoms with Crippen molar-refractivity contribution in [2.75, 3.05) is 18.5 Å². The van der Waals surface area contributed by atoms with Gasteiger partial charge < -0.3 is 15.0 Å². The third kappa shape index (κ3) is 5.68. The third-order valence-corrected chi connectivity index (χ3v) is 4.03. The fraction of sp³-hybridized carbons (Fsp3) is 0.294. The highest BCUT2D eigenvalue weighted by Crippen LogP contribution is 2.16. The van der Waals surface area contributed by atoms with E-state index < -0.39 is 5.97 Å². The summed E-state index contributed by atoms with van der Waals surface area (Å²) in [7, 11) is 0. The summed E-state index contributed by atoms with van der Waals surface area (Å²) in [4.78, 5) is 40.7. The van der Waals surface area contributed by atoms with Gasteiger partial charge in [0.15, 0.2) is 17.4 Å². The molecule has 7 nitrogen and oxygen atoms in total. The minimum atomic E-state index is -0.697. The molecule has 0 aliphatic rings. The highest BCUT2D eigenvalue weighted by Gasteiger charge is 2.17. The Bertz CT molecular complexity index is 745. The van der Waals surface area contributed by atoms with Gasteiger partial charge in [0.1, 0.15) is 0 Å². The molecule has 1 aromatic carbocycles. The lowest BCUT2D eigenvalue weighted by Gasteiger charge is -2.20. The number of benzene rings is 1. The van der Waals surface area contributed by atoms with Gasteiger partial charge in [-0.05, 0) is 12.5 Å². The zero-order valence-electron chi connectivity index (χ0n) is 14.0. The van der Waals surface area contributed by atoms with Gasteiger partial charge in [-0.2, -0.15) is 0 Å². The first kappa shape index (κ1) is 18.6. The number of likely N-dealkylation sites (N-methyl/N-ethyl adjacent to an activating group) is 1. The van der Waals surface area contributed by atoms with Crippen LogP contribution < -0.4 is 5.32 Å². The zero-order chi connectivity index (χ0) is 18.2. The number of anilines is 1. The number of thiazole rings is 1. The van der Waals surface area contributed by atoms with Crippen molar-refractivity contribution in [3.8, 4) is 0 Å². The molecule has 1 aromatic heterocycles. The number of hydrogen-bond donors (Lipinski definition) is 1. The molecule has 0 radical (unpaired) electrons. The van der Waals surface area contributed by atoms with E-state index >= 15 is 0 Å². The Hall–Kier alpha value is -2.74. The van der Waals surface area contributed by atoms with Crippen molar-refractivity contribution in [3.05, 3.63) is 47.0 Å². The van der Waals surface area contributed by atoms with E-state index in [0.717, 1.165) is 16.9 Å². The Balaban J connectivity index is 1.88. The molecule has 0 aliphatic heterocycles. The smallest absolute Gasteiger partial charge is 0.358 e. The Labute approximate surface area is 149 Å². The van der Waals surface area contributed by atoms with Crippen LogP contribution in [0.25, 0.3) is 0 Å². The van der Waals surface area contributed by atoms with Gasteiger partial charge >= 0.3 is 5.97 Å². The number of hydrogen-bond acceptors (Lipinski definition) is 6. The molecule has 0 atom stereocenters. The first-order valence-electron chi connectivity index (χ1n) is 7.71. The van der Waals surface area contributed by atoms with Crippen molar-refractivity contribution in [1.82, 2.24) is 9.88 Å². The summed E-state index contributed by atoms with van der Waals surface area (Å²) in [6.45, 7) is 3.82. The van der Waals surface area contributed by atoms with Crippen LogP contribution in [0.1, 0.15) is 29.9 Å². The molecule has 2 aromatic rings. The van der Waals surface area contributed by atoms with Gasteiger partial charge in [0.25, 0.3) is 5.91 Å². The van der Waals surface area contributed by atoms with Gasteiger partial charge in [-0.1, -0.05) is 30.3 Å². The number of esters is 1. The van der Waals surface area contributed by atoms with Crippen LogP contribution in [0.15, 0.2) is 35.7 Å². The summed E-state index contributed by atoms with van der Waals surface area (Å²) in [5, 5.41) is 4.27. The lowest BCUT2D eigenvalue weighted by atomic mass is 10.2. The highest BCUT2D eigenvalue weighted by atomic mass is 32.1. The summed E-state index contributed by atoms with van der Waals surface area (Å²) >= 11 is 1.11. The molecule has 0 spiro atoms. The third-order valence-electron chi connectivity index (χ3n) is 3.27. The second kappa shape index (κ2) is 8.93. The summed E-state index contributed by atoms with van der Waals surface area (Å²) in [6, 6.07) is 9.58. The molecule has 0 saturated heterocycles. The fourth-order valence-electron chi connectivity index (χ4n) is 2.05. The summed E-state index contributed by atoms with van der Waals surface area (Å²) < 4.78 is 5.03. The Morgan fingerprint density at radius 1 is 1.24 bits per heavy atom. The molecule has 0 fully saturated rings. The number of ether oxygens (including phenoxy) is 1. The van der Waals surface area contributed by atoms with Crippen molar-refractivity contribution in [2.45, 2.75) is 20.4 Å². The van der Waals surface area contributed by atoms with Gasteiger partial charge in [0.2, 0.25) is 5.91 Å². The Morgan fingerprint density at radius 3 is 2.60 bits per heavy atom. The van der Waals surface area contributed by atoms with Crippen LogP contribution >= 0.6 is 11.3 Å². The van der Waals surface area contributed by atoms with Crippen LogP contribution in [0.2, 0.25) is 0 Å². The van der Waals surface area contributed by atoms with Crippen LogP contribution in [0.4, 0.5) is 5.13 Å². The second-order valence-electron chi connectivity index (χ2n) is 5.19. The van der Waals surface area contributed by atoms with Gasteiger partial charge in [0.05, 0.1) is 0 Å². The maximum Gasteiger partial charge on any atom is 0.358 e. The molecular weight excluding hydrogens is 342 g/mol. The normalized spacial score (nSPS) is 10.2. The fourth-order valence-corrected chi connectivity index (χ4v) is 2.77. The van der Waals surface area contributed by atoms with Gasteiger partial charge in [-0.25, -0.2) is 9.78 Å². The van der Waals surface area contributed by atoms with Crippen LogP contribution in [0.3, 0.4) is 0 Å². The minimum Gasteiger partial charge on any atom is -0.451 e. The monoisotopic (exact) mass is 361 g/mol. The average Bonchev–Trinajstić information content (AvgIpc) is 3.06. The molecule has 0 unspecified atom stereocenters. The number of carbonyl (C=O) groups is 3. The average molecular weight is 361 g/mol. The van der Waals surface area contributed by atoms with E-state index in [1.54, 1.807) is 4.90 Å². The highest BCUT2D eigenvalue weighted by molar-refractivity contribution is 7.14. The second-order valence-corrected chi connectivity index (χ2v) is 6.05. The van der Waals surface area contributed by atoms with Gasteiger partial charge in [-0.3, -0.25) is 9.59 Å². The van der Waals surface area contributed by atoms with Crippen molar-refractivity contribution in [2.24, 2.45) is 0 Å². The van der Waals surface area contributed by atoms with Crippen molar-refractivity contribution in [3.63, 3.8) is 0 Å². The number of aromatic nitrogens is 1. The molecule has 132 valence electrons. The molecule has 25 heavy (non-hydrogen) atoms. The molecule has 1 N–H and O–H groups in total. The van der Waals surface area contributed by atoms with E-state index in [0.29, 0.717) is 18.2 Å². The lowest BCUT2D eigenvalue weighted by Crippen LogP contribution is -2.34. The largest absolute Gasteiger partial charge is 0.451 e. The maximum absolute atomic E-state index is 12.2. The Morgan fingerprint density at radius 2 is 1.96 bits per heavy atom. The minimum absolute atomic E-state index is 0.0626. The number of nitrogens with zero attached hydrogens (tertiary/aromatic N) is 2. The first-order valence-corrected chi connectivity index (χ1v) is 8.59. The summed E-state index contributed by atoms with van der Waals surface area (Å²) in [5.74, 6) is -1.25. The number of carbonyl (C=O) groups excluding carboxylic acids is 3. The lowest BCUT2D eigenvalue weighted by molar-refractivity contribution is -0.135. The van der Waals surface area contributed by atoms with E-state index in [-0.39, 0.29) is 24.1 Å². The SMILES string of the molecule is CCN(Cc1ccccc1)C(=O)COC(=O)c1csc(NC(C)=O)n1. The van der Waals surface area contributed by atoms with E-state index in [1.165, 1.54) is 12.3 Å². The van der Waals surface area contributed by atoms with Crippen molar-refractivity contribution in [1.29, 1.82) is 0 Å². The van der Waals surface area contributed by atoms with Gasteiger partial charge in [-0.15, -0.1) is 11.3 Å². The summed E-state index contributed by atoms with van der Waals surface area (Å²) in [5.41, 5.74) is 1.07. The van der Waals surface area contributed by atoms with E-state index in [4.69, 9.17) is 4.74 Å². The molecule has 0 saturated carbocycles. The first-order chi connectivity index (χ1) is 12.0. The predicted molar refractivity (Wildman–Crippen MR) is 94.2 cm³/mol. The summed E-state index contributed by atoms with van der Waals surface area (Å²) in [6.07, 6.45) is 0. The maximum atomic E-state index is 12.2. The molecule has 0 bridgehead atoms. The quantitative estimate of drug-likeness (QED) is 0.765. The molecular formula is C17H19N3O4S. The predicted octanol–water partition coefficient (Wildman–Crippen LogP) is 2.31. The van der Waals surface area contributed by atoms with E-state index in [1.807, 2.05) is 37.3 Å². The molecule has 1 heterocycles. The van der Waals surface area contributed by atoms with Crippen LogP contribution in [-0.4, -0.2) is 40.8 Å². The van der Waals surface area contributed by atoms with Crippen molar-refractivity contribution >= 4 is 34.3 Å². The topological polar surface area (TPSA) is 88.6 Å².